The number of carbonyl (C=O) groups is 2. The van der Waals surface area contributed by atoms with E-state index < -0.39 is 0 Å². The Hall–Kier alpha value is -1.32. The van der Waals surface area contributed by atoms with Gasteiger partial charge in [0.2, 0.25) is 11.8 Å². The maximum absolute atomic E-state index is 12.2. The average molecular weight is 250 g/mol. The molecule has 2 aliphatic carbocycles. The summed E-state index contributed by atoms with van der Waals surface area (Å²) >= 11 is 0. The minimum absolute atomic E-state index is 0.140. The predicted molar refractivity (Wildman–Crippen MR) is 69.9 cm³/mol. The summed E-state index contributed by atoms with van der Waals surface area (Å²) in [4.78, 5) is 25.2. The molecule has 0 radical (unpaired) electrons. The molecule has 1 N–H and O–H groups in total. The highest BCUT2D eigenvalue weighted by Gasteiger charge is 2.37. The Kier molecular flexibility index (Phi) is 4.39. The lowest BCUT2D eigenvalue weighted by molar-refractivity contribution is -0.138. The molecule has 2 rings (SSSR count). The molecule has 100 valence electrons. The minimum Gasteiger partial charge on any atom is -0.353 e. The molecule has 0 atom stereocenters. The molecule has 2 amide bonds. The number of nitrogens with one attached hydrogen (secondary N) is 1. The fourth-order valence-corrected chi connectivity index (χ4v) is 2.28. The van der Waals surface area contributed by atoms with Crippen LogP contribution in [-0.4, -0.2) is 35.8 Å². The van der Waals surface area contributed by atoms with Crippen molar-refractivity contribution < 1.29 is 9.59 Å². The first-order valence-corrected chi connectivity index (χ1v) is 6.93. The normalized spacial score (nSPS) is 18.9. The maximum Gasteiger partial charge on any atom is 0.243 e. The van der Waals surface area contributed by atoms with E-state index in [1.54, 1.807) is 0 Å². The van der Waals surface area contributed by atoms with Crippen molar-refractivity contribution in [3.05, 3.63) is 12.7 Å². The maximum atomic E-state index is 12.2. The topological polar surface area (TPSA) is 49.4 Å². The Labute approximate surface area is 108 Å². The van der Waals surface area contributed by atoms with Crippen molar-refractivity contribution in [2.45, 2.75) is 44.6 Å². The molecule has 0 spiro atoms. The lowest BCUT2D eigenvalue weighted by Crippen LogP contribution is -2.41. The quantitative estimate of drug-likeness (QED) is 0.549. The van der Waals surface area contributed by atoms with Gasteiger partial charge in [-0.25, -0.2) is 0 Å². The second-order valence-corrected chi connectivity index (χ2v) is 5.24. The number of rotatable bonds is 7. The van der Waals surface area contributed by atoms with E-state index in [4.69, 9.17) is 0 Å². The van der Waals surface area contributed by atoms with E-state index >= 15 is 0 Å². The Morgan fingerprint density at radius 3 is 2.50 bits per heavy atom. The fraction of sp³-hybridized carbons (Fsp3) is 0.714. The van der Waals surface area contributed by atoms with Crippen LogP contribution in [0.4, 0.5) is 0 Å². The summed E-state index contributed by atoms with van der Waals surface area (Å²) in [5.41, 5.74) is 0. The highest BCUT2D eigenvalue weighted by molar-refractivity contribution is 5.86. The van der Waals surface area contributed by atoms with Gasteiger partial charge in [-0.1, -0.05) is 13.0 Å². The molecule has 18 heavy (non-hydrogen) atoms. The molecule has 0 aromatic rings. The van der Waals surface area contributed by atoms with Gasteiger partial charge < -0.3 is 10.2 Å². The first kappa shape index (κ1) is 13.1. The molecule has 0 aliphatic heterocycles. The van der Waals surface area contributed by atoms with E-state index in [0.717, 1.165) is 38.6 Å². The number of amides is 2. The van der Waals surface area contributed by atoms with Gasteiger partial charge >= 0.3 is 0 Å². The molecule has 0 aromatic carbocycles. The predicted octanol–water partition coefficient (Wildman–Crippen LogP) is 1.47. The van der Waals surface area contributed by atoms with E-state index in [2.05, 4.69) is 11.9 Å². The van der Waals surface area contributed by atoms with Crippen LogP contribution in [0.25, 0.3) is 0 Å². The molecule has 0 saturated heterocycles. The van der Waals surface area contributed by atoms with Crippen LogP contribution in [-0.2, 0) is 9.59 Å². The molecular weight excluding hydrogens is 228 g/mol. The van der Waals surface area contributed by atoms with Crippen LogP contribution in [0.5, 0.6) is 0 Å². The van der Waals surface area contributed by atoms with Crippen molar-refractivity contribution in [2.24, 2.45) is 5.92 Å². The van der Waals surface area contributed by atoms with E-state index in [-0.39, 0.29) is 11.8 Å². The molecule has 4 nitrogen and oxygen atoms in total. The van der Waals surface area contributed by atoms with Gasteiger partial charge in [-0.05, 0) is 38.2 Å². The van der Waals surface area contributed by atoms with Crippen molar-refractivity contribution in [3.8, 4) is 0 Å². The van der Waals surface area contributed by atoms with Gasteiger partial charge in [-0.2, -0.15) is 0 Å². The van der Waals surface area contributed by atoms with Crippen molar-refractivity contribution in [3.63, 3.8) is 0 Å². The lowest BCUT2D eigenvalue weighted by atomic mass is 9.84. The van der Waals surface area contributed by atoms with Gasteiger partial charge in [0.05, 0.1) is 0 Å². The molecule has 0 aromatic heterocycles. The summed E-state index contributed by atoms with van der Waals surface area (Å²) in [6, 6.07) is 0.480. The van der Waals surface area contributed by atoms with Crippen molar-refractivity contribution in [1.29, 1.82) is 0 Å². The standard InChI is InChI=1S/C14H22N2O2/c1-2-13(17)15-9-4-10-16(12-7-8-12)14(18)11-5-3-6-11/h2,11-12H,1,3-10H2,(H,15,17). The largest absolute Gasteiger partial charge is 0.353 e. The summed E-state index contributed by atoms with van der Waals surface area (Å²) in [6.07, 6.45) is 7.73. The van der Waals surface area contributed by atoms with Crippen LogP contribution >= 0.6 is 0 Å². The van der Waals surface area contributed by atoms with Gasteiger partial charge in [0.25, 0.3) is 0 Å². The van der Waals surface area contributed by atoms with Crippen molar-refractivity contribution in [2.75, 3.05) is 13.1 Å². The molecule has 2 saturated carbocycles. The molecule has 0 bridgehead atoms. The monoisotopic (exact) mass is 250 g/mol. The summed E-state index contributed by atoms with van der Waals surface area (Å²) in [7, 11) is 0. The van der Waals surface area contributed by atoms with Crippen LogP contribution in [0, 0.1) is 5.92 Å². The van der Waals surface area contributed by atoms with Crippen LogP contribution < -0.4 is 5.32 Å². The second-order valence-electron chi connectivity index (χ2n) is 5.24. The van der Waals surface area contributed by atoms with Gasteiger partial charge in [0.15, 0.2) is 0 Å². The first-order valence-electron chi connectivity index (χ1n) is 6.93. The van der Waals surface area contributed by atoms with E-state index in [1.807, 2.05) is 4.90 Å². The molecular formula is C14H22N2O2. The number of nitrogens with zero attached hydrogens (tertiary/aromatic N) is 1. The molecule has 2 aliphatic rings. The van der Waals surface area contributed by atoms with Crippen molar-refractivity contribution >= 4 is 11.8 Å². The zero-order valence-electron chi connectivity index (χ0n) is 10.9. The summed E-state index contributed by atoms with van der Waals surface area (Å²) in [5.74, 6) is 0.491. The molecule has 0 heterocycles. The average Bonchev–Trinajstić information content (AvgIpc) is 3.10. The van der Waals surface area contributed by atoms with E-state index in [0.29, 0.717) is 18.5 Å². The van der Waals surface area contributed by atoms with Crippen LogP contribution in [0.15, 0.2) is 12.7 Å². The summed E-state index contributed by atoms with van der Waals surface area (Å²) in [5, 5.41) is 2.75. The molecule has 4 heteroatoms. The van der Waals surface area contributed by atoms with Gasteiger partial charge in [-0.3, -0.25) is 9.59 Å². The number of hydrogen-bond acceptors (Lipinski definition) is 2. The molecule has 0 unspecified atom stereocenters. The molecule has 2 fully saturated rings. The summed E-state index contributed by atoms with van der Waals surface area (Å²) in [6.45, 7) is 4.80. The van der Waals surface area contributed by atoms with Crippen LogP contribution in [0.2, 0.25) is 0 Å². The van der Waals surface area contributed by atoms with Crippen molar-refractivity contribution in [1.82, 2.24) is 10.2 Å². The zero-order chi connectivity index (χ0) is 13.0. The third kappa shape index (κ3) is 3.34. The van der Waals surface area contributed by atoms with E-state index in [9.17, 15) is 9.59 Å². The Balaban J connectivity index is 1.71. The minimum atomic E-state index is -0.140. The zero-order valence-corrected chi connectivity index (χ0v) is 10.9. The Morgan fingerprint density at radius 2 is 2.00 bits per heavy atom. The Bertz CT molecular complexity index is 333. The highest BCUT2D eigenvalue weighted by Crippen LogP contribution is 2.33. The third-order valence-corrected chi connectivity index (χ3v) is 3.79. The Morgan fingerprint density at radius 1 is 1.28 bits per heavy atom. The fourth-order valence-electron chi connectivity index (χ4n) is 2.28. The summed E-state index contributed by atoms with van der Waals surface area (Å²) < 4.78 is 0. The van der Waals surface area contributed by atoms with Gasteiger partial charge in [-0.15, -0.1) is 0 Å². The lowest BCUT2D eigenvalue weighted by Gasteiger charge is -2.31. The first-order chi connectivity index (χ1) is 8.72. The number of carbonyl (C=O) groups excluding carboxylic acids is 2. The van der Waals surface area contributed by atoms with E-state index in [1.165, 1.54) is 12.5 Å². The SMILES string of the molecule is C=CC(=O)NCCCN(C(=O)C1CCC1)C1CC1. The van der Waals surface area contributed by atoms with Crippen LogP contribution in [0.3, 0.4) is 0 Å². The van der Waals surface area contributed by atoms with Gasteiger partial charge in [0, 0.05) is 25.0 Å². The second kappa shape index (κ2) is 6.03. The third-order valence-electron chi connectivity index (χ3n) is 3.79. The number of hydrogen-bond donors (Lipinski definition) is 1. The van der Waals surface area contributed by atoms with Gasteiger partial charge in [0.1, 0.15) is 0 Å². The highest BCUT2D eigenvalue weighted by atomic mass is 16.2. The smallest absolute Gasteiger partial charge is 0.243 e. The van der Waals surface area contributed by atoms with Crippen LogP contribution in [0.1, 0.15) is 38.5 Å².